The molecular weight excluding hydrogens is 404 g/mol. The van der Waals surface area contributed by atoms with Crippen LogP contribution in [0.4, 0.5) is 0 Å². The molecular formula is C25H32N4O3. The smallest absolute Gasteiger partial charge is 0.240 e. The van der Waals surface area contributed by atoms with E-state index in [-0.39, 0.29) is 12.5 Å². The lowest BCUT2D eigenvalue weighted by atomic mass is 10.1. The van der Waals surface area contributed by atoms with Crippen molar-refractivity contribution < 1.29 is 14.4 Å². The second kappa shape index (κ2) is 10.7. The summed E-state index contributed by atoms with van der Waals surface area (Å²) < 4.78 is 11.2. The van der Waals surface area contributed by atoms with Crippen molar-refractivity contribution in [3.05, 3.63) is 66.3 Å². The summed E-state index contributed by atoms with van der Waals surface area (Å²) in [6.07, 6.45) is -0.528. The van der Waals surface area contributed by atoms with E-state index in [1.54, 1.807) is 0 Å². The minimum atomic E-state index is -0.528. The van der Waals surface area contributed by atoms with Gasteiger partial charge in [0.2, 0.25) is 5.89 Å². The number of piperazine rings is 1. The van der Waals surface area contributed by atoms with Crippen LogP contribution in [0.3, 0.4) is 0 Å². The summed E-state index contributed by atoms with van der Waals surface area (Å²) in [5, 5.41) is 14.5. The highest BCUT2D eigenvalue weighted by atomic mass is 16.5. The first-order chi connectivity index (χ1) is 15.6. The van der Waals surface area contributed by atoms with Crippen LogP contribution in [0.25, 0.3) is 11.1 Å². The number of hydrogen-bond acceptors (Lipinski definition) is 7. The first-order valence-electron chi connectivity index (χ1n) is 11.3. The maximum absolute atomic E-state index is 10.4. The molecule has 170 valence electrons. The molecule has 1 aromatic heterocycles. The molecule has 1 aliphatic heterocycles. The Morgan fingerprint density at radius 3 is 2.25 bits per heavy atom. The first kappa shape index (κ1) is 22.5. The van der Waals surface area contributed by atoms with E-state index < -0.39 is 6.10 Å². The monoisotopic (exact) mass is 436 g/mol. The van der Waals surface area contributed by atoms with Crippen molar-refractivity contribution in [1.29, 1.82) is 0 Å². The minimum Gasteiger partial charge on any atom is -0.491 e. The predicted molar refractivity (Wildman–Crippen MR) is 123 cm³/mol. The molecule has 0 saturated carbocycles. The molecule has 0 amide bonds. The van der Waals surface area contributed by atoms with Gasteiger partial charge in [-0.2, -0.15) is 4.98 Å². The fourth-order valence-electron chi connectivity index (χ4n) is 3.81. The van der Waals surface area contributed by atoms with Crippen molar-refractivity contribution in [2.75, 3.05) is 39.3 Å². The van der Waals surface area contributed by atoms with Crippen LogP contribution in [0.5, 0.6) is 5.75 Å². The third-order valence-corrected chi connectivity index (χ3v) is 5.70. The summed E-state index contributed by atoms with van der Waals surface area (Å²) in [6, 6.07) is 18.2. The maximum atomic E-state index is 10.4. The van der Waals surface area contributed by atoms with E-state index >= 15 is 0 Å². The molecule has 1 saturated heterocycles. The normalized spacial score (nSPS) is 16.4. The molecule has 7 heteroatoms. The second-order valence-corrected chi connectivity index (χ2v) is 8.63. The number of aromatic nitrogens is 2. The summed E-state index contributed by atoms with van der Waals surface area (Å²) in [5.74, 6) is 2.48. The number of rotatable bonds is 9. The van der Waals surface area contributed by atoms with Crippen LogP contribution in [0.2, 0.25) is 0 Å². The van der Waals surface area contributed by atoms with E-state index in [9.17, 15) is 5.11 Å². The Morgan fingerprint density at radius 2 is 1.59 bits per heavy atom. The molecule has 1 atom stereocenters. The van der Waals surface area contributed by atoms with E-state index in [1.165, 1.54) is 5.56 Å². The van der Waals surface area contributed by atoms with Gasteiger partial charge in [-0.05, 0) is 23.3 Å². The van der Waals surface area contributed by atoms with Gasteiger partial charge in [0, 0.05) is 38.6 Å². The van der Waals surface area contributed by atoms with Crippen LogP contribution in [-0.2, 0) is 6.54 Å². The van der Waals surface area contributed by atoms with Gasteiger partial charge < -0.3 is 14.4 Å². The molecule has 1 fully saturated rings. The van der Waals surface area contributed by atoms with E-state index in [1.807, 2.05) is 42.5 Å². The van der Waals surface area contributed by atoms with Crippen molar-refractivity contribution in [3.63, 3.8) is 0 Å². The number of nitrogens with zero attached hydrogens (tertiary/aromatic N) is 4. The highest BCUT2D eigenvalue weighted by molar-refractivity contribution is 5.63. The molecule has 2 aromatic carbocycles. The van der Waals surface area contributed by atoms with E-state index in [0.717, 1.165) is 43.3 Å². The number of ether oxygens (including phenoxy) is 1. The van der Waals surface area contributed by atoms with Crippen molar-refractivity contribution in [2.24, 2.45) is 0 Å². The second-order valence-electron chi connectivity index (χ2n) is 8.63. The van der Waals surface area contributed by atoms with Gasteiger partial charge in [0.1, 0.15) is 18.5 Å². The number of benzene rings is 2. The first-order valence-corrected chi connectivity index (χ1v) is 11.3. The van der Waals surface area contributed by atoms with Crippen LogP contribution in [0.1, 0.15) is 31.5 Å². The number of hydrogen-bond donors (Lipinski definition) is 1. The molecule has 32 heavy (non-hydrogen) atoms. The van der Waals surface area contributed by atoms with Gasteiger partial charge in [-0.25, -0.2) is 0 Å². The highest BCUT2D eigenvalue weighted by Gasteiger charge is 2.21. The highest BCUT2D eigenvalue weighted by Crippen LogP contribution is 2.22. The van der Waals surface area contributed by atoms with Crippen molar-refractivity contribution >= 4 is 0 Å². The third-order valence-electron chi connectivity index (χ3n) is 5.70. The van der Waals surface area contributed by atoms with Gasteiger partial charge >= 0.3 is 0 Å². The Hall–Kier alpha value is -2.74. The fraction of sp³-hybridized carbons (Fsp3) is 0.440. The SMILES string of the molecule is CC(C)c1noc(CN2CCN(CC(O)COc3ccc(-c4ccccc4)cc3)CC2)n1. The summed E-state index contributed by atoms with van der Waals surface area (Å²) in [5.41, 5.74) is 2.33. The van der Waals surface area contributed by atoms with Crippen molar-refractivity contribution in [3.8, 4) is 16.9 Å². The minimum absolute atomic E-state index is 0.273. The molecule has 7 nitrogen and oxygen atoms in total. The van der Waals surface area contributed by atoms with E-state index in [4.69, 9.17) is 9.26 Å². The molecule has 1 aliphatic rings. The van der Waals surface area contributed by atoms with E-state index in [0.29, 0.717) is 19.0 Å². The Balaban J connectivity index is 1.17. The molecule has 1 unspecified atom stereocenters. The summed E-state index contributed by atoms with van der Waals surface area (Å²) >= 11 is 0. The summed E-state index contributed by atoms with van der Waals surface area (Å²) in [7, 11) is 0. The van der Waals surface area contributed by atoms with Crippen LogP contribution in [-0.4, -0.2) is 70.5 Å². The Labute approximate surface area is 189 Å². The Bertz CT molecular complexity index is 951. The average Bonchev–Trinajstić information content (AvgIpc) is 3.29. The summed E-state index contributed by atoms with van der Waals surface area (Å²) in [6.45, 7) is 9.30. The quantitative estimate of drug-likeness (QED) is 0.551. The standard InChI is InChI=1S/C25H32N4O3/c1-19(2)25-26-24(32-27-25)17-29-14-12-28(13-15-29)16-22(30)18-31-23-10-8-21(9-11-23)20-6-4-3-5-7-20/h3-11,19,22,30H,12-18H2,1-2H3. The lowest BCUT2D eigenvalue weighted by molar-refractivity contribution is 0.0426. The molecule has 0 spiro atoms. The van der Waals surface area contributed by atoms with Crippen molar-refractivity contribution in [2.45, 2.75) is 32.4 Å². The largest absolute Gasteiger partial charge is 0.491 e. The third kappa shape index (κ3) is 6.16. The zero-order valence-corrected chi connectivity index (χ0v) is 18.9. The van der Waals surface area contributed by atoms with Crippen LogP contribution >= 0.6 is 0 Å². The fourth-order valence-corrected chi connectivity index (χ4v) is 3.81. The molecule has 0 radical (unpaired) electrons. The van der Waals surface area contributed by atoms with Gasteiger partial charge in [-0.1, -0.05) is 61.5 Å². The topological polar surface area (TPSA) is 74.9 Å². The lowest BCUT2D eigenvalue weighted by Crippen LogP contribution is -2.48. The van der Waals surface area contributed by atoms with Gasteiger partial charge in [-0.3, -0.25) is 9.80 Å². The van der Waals surface area contributed by atoms with Gasteiger partial charge in [-0.15, -0.1) is 0 Å². The molecule has 2 heterocycles. The van der Waals surface area contributed by atoms with Gasteiger partial charge in [0.15, 0.2) is 5.82 Å². The van der Waals surface area contributed by atoms with E-state index in [2.05, 4.69) is 45.9 Å². The number of β-amino-alcohol motifs (C(OH)–C–C–N with tert-alkyl or cyclic N) is 1. The zero-order chi connectivity index (χ0) is 22.3. The van der Waals surface area contributed by atoms with Crippen LogP contribution in [0, 0.1) is 0 Å². The number of aliphatic hydroxyl groups excluding tert-OH is 1. The lowest BCUT2D eigenvalue weighted by Gasteiger charge is -2.34. The van der Waals surface area contributed by atoms with Gasteiger partial charge in [0.25, 0.3) is 0 Å². The molecule has 4 rings (SSSR count). The van der Waals surface area contributed by atoms with Crippen LogP contribution in [0.15, 0.2) is 59.1 Å². The average molecular weight is 437 g/mol. The Morgan fingerprint density at radius 1 is 0.938 bits per heavy atom. The predicted octanol–water partition coefficient (Wildman–Crippen LogP) is 3.42. The Kier molecular flexibility index (Phi) is 7.52. The van der Waals surface area contributed by atoms with Crippen LogP contribution < -0.4 is 4.74 Å². The van der Waals surface area contributed by atoms with Crippen molar-refractivity contribution in [1.82, 2.24) is 19.9 Å². The molecule has 0 bridgehead atoms. The molecule has 3 aromatic rings. The zero-order valence-electron chi connectivity index (χ0n) is 18.9. The summed E-state index contributed by atoms with van der Waals surface area (Å²) in [4.78, 5) is 9.04. The molecule has 0 aliphatic carbocycles. The molecule has 1 N–H and O–H groups in total. The maximum Gasteiger partial charge on any atom is 0.240 e. The number of aliphatic hydroxyl groups is 1. The van der Waals surface area contributed by atoms with Gasteiger partial charge in [0.05, 0.1) is 6.54 Å².